The Labute approximate surface area is 220 Å². The first-order chi connectivity index (χ1) is 17.8. The number of nitrogens with zero attached hydrogens (tertiary/aromatic N) is 5. The number of rotatable bonds is 4. The van der Waals surface area contributed by atoms with Crippen LogP contribution in [0.3, 0.4) is 0 Å². The Kier molecular flexibility index (Phi) is 5.49. The highest BCUT2D eigenvalue weighted by molar-refractivity contribution is 6.34. The summed E-state index contributed by atoms with van der Waals surface area (Å²) in [6.07, 6.45) is 4.16. The lowest BCUT2D eigenvalue weighted by Crippen LogP contribution is -2.59. The maximum atomic E-state index is 12.0. The molecule has 4 aromatic rings. The van der Waals surface area contributed by atoms with Gasteiger partial charge in [-0.15, -0.1) is 0 Å². The molecule has 8 heteroatoms. The van der Waals surface area contributed by atoms with Gasteiger partial charge in [0, 0.05) is 72.5 Å². The van der Waals surface area contributed by atoms with Crippen molar-refractivity contribution in [2.45, 2.75) is 13.3 Å². The second-order valence-corrected chi connectivity index (χ2v) is 10.6. The Bertz CT molecular complexity index is 1550. The maximum Gasteiger partial charge on any atom is 0.245 e. The van der Waals surface area contributed by atoms with Crippen LogP contribution in [-0.4, -0.2) is 56.9 Å². The number of likely N-dealkylation sites (tertiary alicyclic amines) is 1. The quantitative estimate of drug-likeness (QED) is 0.380. The van der Waals surface area contributed by atoms with Crippen LogP contribution in [0.2, 0.25) is 5.02 Å². The van der Waals surface area contributed by atoms with Crippen molar-refractivity contribution in [2.75, 3.05) is 31.1 Å². The number of pyridine rings is 1. The van der Waals surface area contributed by atoms with Crippen LogP contribution in [0.4, 0.5) is 5.82 Å². The number of aromatic hydroxyl groups is 1. The normalized spacial score (nSPS) is 16.4. The van der Waals surface area contributed by atoms with E-state index in [1.165, 1.54) is 6.08 Å². The summed E-state index contributed by atoms with van der Waals surface area (Å²) in [6.45, 7) is 8.82. The largest absolute Gasteiger partial charge is 0.507 e. The first-order valence-corrected chi connectivity index (χ1v) is 12.7. The summed E-state index contributed by atoms with van der Waals surface area (Å²) in [5.41, 5.74) is 5.38. The Hall–Kier alpha value is -3.84. The molecular formula is C29H28ClN5O2. The predicted octanol–water partition coefficient (Wildman–Crippen LogP) is 5.19. The van der Waals surface area contributed by atoms with Crippen molar-refractivity contribution in [3.8, 4) is 28.1 Å². The SMILES string of the molecule is C=CC(=O)N1CC2(CCN(c3nc4cc(-c5ccnn5C)ccc4c(-c4c(O)cccc4Cl)c3C)C2)C1. The van der Waals surface area contributed by atoms with Gasteiger partial charge in [-0.25, -0.2) is 4.98 Å². The van der Waals surface area contributed by atoms with Crippen LogP contribution >= 0.6 is 11.6 Å². The summed E-state index contributed by atoms with van der Waals surface area (Å²) in [7, 11) is 1.92. The molecule has 0 saturated carbocycles. The molecule has 0 atom stereocenters. The molecule has 2 aromatic carbocycles. The van der Waals surface area contributed by atoms with Gasteiger partial charge in [0.15, 0.2) is 0 Å². The molecule has 1 amide bonds. The summed E-state index contributed by atoms with van der Waals surface area (Å²) in [5, 5.41) is 16.6. The van der Waals surface area contributed by atoms with E-state index >= 15 is 0 Å². The molecule has 0 aliphatic carbocycles. The number of carbonyl (C=O) groups is 1. The van der Waals surface area contributed by atoms with E-state index in [2.05, 4.69) is 34.8 Å². The molecule has 0 bridgehead atoms. The first-order valence-electron chi connectivity index (χ1n) is 12.4. The number of phenolic OH excluding ortho intramolecular Hbond substituents is 1. The van der Waals surface area contributed by atoms with E-state index in [1.54, 1.807) is 24.4 Å². The van der Waals surface area contributed by atoms with Crippen molar-refractivity contribution in [2.24, 2.45) is 12.5 Å². The number of benzene rings is 2. The summed E-state index contributed by atoms with van der Waals surface area (Å²) >= 11 is 6.67. The molecular weight excluding hydrogens is 486 g/mol. The number of hydrogen-bond acceptors (Lipinski definition) is 5. The lowest BCUT2D eigenvalue weighted by Gasteiger charge is -2.47. The van der Waals surface area contributed by atoms with Gasteiger partial charge in [0.25, 0.3) is 0 Å². The molecule has 2 aliphatic heterocycles. The van der Waals surface area contributed by atoms with Crippen LogP contribution in [0, 0.1) is 12.3 Å². The number of anilines is 1. The highest BCUT2D eigenvalue weighted by Crippen LogP contribution is 2.47. The van der Waals surface area contributed by atoms with E-state index in [4.69, 9.17) is 16.6 Å². The molecule has 7 nitrogen and oxygen atoms in total. The van der Waals surface area contributed by atoms with Crippen LogP contribution in [0.15, 0.2) is 61.3 Å². The van der Waals surface area contributed by atoms with E-state index in [0.29, 0.717) is 10.6 Å². The van der Waals surface area contributed by atoms with Crippen molar-refractivity contribution in [3.05, 3.63) is 71.9 Å². The molecule has 2 aromatic heterocycles. The molecule has 0 unspecified atom stereocenters. The predicted molar refractivity (Wildman–Crippen MR) is 147 cm³/mol. The van der Waals surface area contributed by atoms with E-state index in [-0.39, 0.29) is 17.1 Å². The minimum absolute atomic E-state index is 0.0109. The number of aromatic nitrogens is 3. The van der Waals surface area contributed by atoms with Crippen molar-refractivity contribution < 1.29 is 9.90 Å². The van der Waals surface area contributed by atoms with Crippen LogP contribution < -0.4 is 4.90 Å². The standard InChI is InChI=1S/C29H28ClN5O2/c1-4-25(37)35-16-29(17-35)11-13-34(15-29)28-18(2)26(27-21(30)6-5-7-24(27)36)20-9-8-19(14-22(20)32-28)23-10-12-31-33(23)3/h4-10,12,14,36H,1,11,13,15-17H2,2-3H3. The molecule has 2 fully saturated rings. The average Bonchev–Trinajstić information content (AvgIpc) is 3.50. The number of phenols is 1. The maximum absolute atomic E-state index is 12.0. The summed E-state index contributed by atoms with van der Waals surface area (Å²) in [5.74, 6) is 1.01. The van der Waals surface area contributed by atoms with Gasteiger partial charge in [0.1, 0.15) is 11.6 Å². The number of fused-ring (bicyclic) bond motifs is 1. The third kappa shape index (κ3) is 3.76. The molecule has 2 aliphatic rings. The van der Waals surface area contributed by atoms with Crippen LogP contribution in [0.25, 0.3) is 33.3 Å². The van der Waals surface area contributed by atoms with Gasteiger partial charge in [-0.05, 0) is 43.7 Å². The molecule has 188 valence electrons. The molecule has 37 heavy (non-hydrogen) atoms. The molecule has 4 heterocycles. The first kappa shape index (κ1) is 23.6. The minimum Gasteiger partial charge on any atom is -0.507 e. The molecule has 2 saturated heterocycles. The number of halogens is 1. The number of aryl methyl sites for hydroxylation is 1. The topological polar surface area (TPSA) is 74.5 Å². The number of carbonyl (C=O) groups excluding carboxylic acids is 1. The van der Waals surface area contributed by atoms with Crippen molar-refractivity contribution >= 4 is 34.2 Å². The van der Waals surface area contributed by atoms with Gasteiger partial charge in [-0.2, -0.15) is 5.10 Å². The third-order valence-corrected chi connectivity index (χ3v) is 8.15. The summed E-state index contributed by atoms with van der Waals surface area (Å²) in [6, 6.07) is 13.4. The monoisotopic (exact) mass is 513 g/mol. The van der Waals surface area contributed by atoms with Crippen LogP contribution in [0.1, 0.15) is 12.0 Å². The van der Waals surface area contributed by atoms with Gasteiger partial charge >= 0.3 is 0 Å². The fourth-order valence-corrected chi connectivity index (χ4v) is 6.24. The van der Waals surface area contributed by atoms with Crippen LogP contribution in [0.5, 0.6) is 5.75 Å². The zero-order valence-electron chi connectivity index (χ0n) is 20.9. The van der Waals surface area contributed by atoms with E-state index in [9.17, 15) is 9.90 Å². The van der Waals surface area contributed by atoms with Crippen molar-refractivity contribution in [1.29, 1.82) is 0 Å². The molecule has 1 N–H and O–H groups in total. The van der Waals surface area contributed by atoms with Gasteiger partial charge in [-0.1, -0.05) is 36.4 Å². The van der Waals surface area contributed by atoms with E-state index in [1.807, 2.05) is 29.6 Å². The highest BCUT2D eigenvalue weighted by Gasteiger charge is 2.49. The fourth-order valence-electron chi connectivity index (χ4n) is 5.98. The lowest BCUT2D eigenvalue weighted by atomic mass is 9.79. The van der Waals surface area contributed by atoms with Crippen molar-refractivity contribution in [1.82, 2.24) is 19.7 Å². The molecule has 0 radical (unpaired) electrons. The van der Waals surface area contributed by atoms with E-state index in [0.717, 1.165) is 71.7 Å². The Morgan fingerprint density at radius 2 is 1.97 bits per heavy atom. The lowest BCUT2D eigenvalue weighted by molar-refractivity contribution is -0.136. The van der Waals surface area contributed by atoms with Gasteiger partial charge in [0.05, 0.1) is 16.2 Å². The smallest absolute Gasteiger partial charge is 0.245 e. The Balaban J connectivity index is 1.49. The number of amides is 1. The van der Waals surface area contributed by atoms with Gasteiger partial charge in [0.2, 0.25) is 5.91 Å². The fraction of sp³-hybridized carbons (Fsp3) is 0.276. The highest BCUT2D eigenvalue weighted by atomic mass is 35.5. The second kappa shape index (κ2) is 8.63. The summed E-state index contributed by atoms with van der Waals surface area (Å²) in [4.78, 5) is 21.4. The zero-order chi connectivity index (χ0) is 25.9. The number of hydrogen-bond donors (Lipinski definition) is 1. The summed E-state index contributed by atoms with van der Waals surface area (Å²) < 4.78 is 1.84. The van der Waals surface area contributed by atoms with Gasteiger partial charge in [-0.3, -0.25) is 9.48 Å². The van der Waals surface area contributed by atoms with E-state index < -0.39 is 0 Å². The Morgan fingerprint density at radius 1 is 1.16 bits per heavy atom. The molecule has 1 spiro atoms. The Morgan fingerprint density at radius 3 is 2.68 bits per heavy atom. The van der Waals surface area contributed by atoms with Crippen LogP contribution in [-0.2, 0) is 11.8 Å². The van der Waals surface area contributed by atoms with Crippen molar-refractivity contribution in [3.63, 3.8) is 0 Å². The molecule has 6 rings (SSSR count). The third-order valence-electron chi connectivity index (χ3n) is 7.84. The zero-order valence-corrected chi connectivity index (χ0v) is 21.7. The van der Waals surface area contributed by atoms with Gasteiger partial charge < -0.3 is 14.9 Å². The minimum atomic E-state index is -0.0109. The average molecular weight is 514 g/mol. The second-order valence-electron chi connectivity index (χ2n) is 10.2.